The number of nitrogens with one attached hydrogen (secondary N) is 1. The lowest BCUT2D eigenvalue weighted by Gasteiger charge is -2.46. The van der Waals surface area contributed by atoms with Crippen LogP contribution < -0.4 is 5.32 Å². The van der Waals surface area contributed by atoms with Crippen molar-refractivity contribution in [2.75, 3.05) is 26.2 Å². The molecule has 2 unspecified atom stereocenters. The Morgan fingerprint density at radius 1 is 1.05 bits per heavy atom. The van der Waals surface area contributed by atoms with Crippen LogP contribution in [0.3, 0.4) is 0 Å². The van der Waals surface area contributed by atoms with Gasteiger partial charge in [-0.25, -0.2) is 0 Å². The Morgan fingerprint density at radius 2 is 1.80 bits per heavy atom. The van der Waals surface area contributed by atoms with E-state index in [-0.39, 0.29) is 0 Å². The standard InChI is InChI=1S/C18H36N2/c1-5-19-17-16(11-8-12-18(17,3)4)14-20(6-2)13-15-9-7-10-15/h15-17,19H,5-14H2,1-4H3. The first-order valence-corrected chi connectivity index (χ1v) is 9.02. The predicted octanol–water partition coefficient (Wildman–Crippen LogP) is 3.91. The molecule has 2 aliphatic carbocycles. The highest BCUT2D eigenvalue weighted by Crippen LogP contribution is 2.39. The molecule has 1 N–H and O–H groups in total. The second-order valence-corrected chi connectivity index (χ2v) is 7.83. The molecule has 2 nitrogen and oxygen atoms in total. The summed E-state index contributed by atoms with van der Waals surface area (Å²) in [6.07, 6.45) is 8.64. The van der Waals surface area contributed by atoms with Gasteiger partial charge in [0.05, 0.1) is 0 Å². The highest BCUT2D eigenvalue weighted by molar-refractivity contribution is 4.94. The van der Waals surface area contributed by atoms with Crippen LogP contribution in [0.15, 0.2) is 0 Å². The van der Waals surface area contributed by atoms with E-state index in [1.165, 1.54) is 58.2 Å². The van der Waals surface area contributed by atoms with Crippen molar-refractivity contribution >= 4 is 0 Å². The van der Waals surface area contributed by atoms with Gasteiger partial charge in [0.2, 0.25) is 0 Å². The third-order valence-electron chi connectivity index (χ3n) is 5.81. The van der Waals surface area contributed by atoms with Crippen LogP contribution in [0.25, 0.3) is 0 Å². The summed E-state index contributed by atoms with van der Waals surface area (Å²) >= 11 is 0. The molecule has 0 aromatic heterocycles. The first kappa shape index (κ1) is 16.3. The van der Waals surface area contributed by atoms with Gasteiger partial charge in [-0.15, -0.1) is 0 Å². The van der Waals surface area contributed by atoms with Gasteiger partial charge in [0, 0.05) is 19.1 Å². The van der Waals surface area contributed by atoms with Crippen LogP contribution in [0.1, 0.15) is 66.2 Å². The van der Waals surface area contributed by atoms with Crippen LogP contribution in [-0.4, -0.2) is 37.1 Å². The predicted molar refractivity (Wildman–Crippen MR) is 88.0 cm³/mol. The molecule has 118 valence electrons. The van der Waals surface area contributed by atoms with E-state index in [0.717, 1.165) is 18.4 Å². The Labute approximate surface area is 126 Å². The van der Waals surface area contributed by atoms with Gasteiger partial charge in [0.1, 0.15) is 0 Å². The Kier molecular flexibility index (Phi) is 5.92. The lowest BCUT2D eigenvalue weighted by atomic mass is 9.67. The summed E-state index contributed by atoms with van der Waals surface area (Å²) in [5.74, 6) is 1.85. The van der Waals surface area contributed by atoms with Crippen molar-refractivity contribution < 1.29 is 0 Å². The molecular weight excluding hydrogens is 244 g/mol. The molecule has 2 fully saturated rings. The Morgan fingerprint density at radius 3 is 2.35 bits per heavy atom. The molecule has 2 heteroatoms. The molecule has 0 heterocycles. The van der Waals surface area contributed by atoms with E-state index in [2.05, 4.69) is 37.9 Å². The fraction of sp³-hybridized carbons (Fsp3) is 1.00. The van der Waals surface area contributed by atoms with E-state index in [1.54, 1.807) is 0 Å². The number of nitrogens with zero attached hydrogens (tertiary/aromatic N) is 1. The van der Waals surface area contributed by atoms with Gasteiger partial charge in [0.25, 0.3) is 0 Å². The van der Waals surface area contributed by atoms with E-state index in [9.17, 15) is 0 Å². The summed E-state index contributed by atoms with van der Waals surface area (Å²) in [6, 6.07) is 0.705. The number of hydrogen-bond donors (Lipinski definition) is 1. The summed E-state index contributed by atoms with van der Waals surface area (Å²) in [4.78, 5) is 2.74. The number of rotatable bonds is 7. The third kappa shape index (κ3) is 3.98. The Balaban J connectivity index is 1.92. The molecule has 0 aromatic carbocycles. The van der Waals surface area contributed by atoms with Gasteiger partial charge in [-0.1, -0.05) is 40.5 Å². The fourth-order valence-electron chi connectivity index (χ4n) is 4.34. The topological polar surface area (TPSA) is 15.3 Å². The van der Waals surface area contributed by atoms with Crippen LogP contribution in [-0.2, 0) is 0 Å². The molecule has 0 amide bonds. The molecule has 2 aliphatic rings. The average Bonchev–Trinajstić information content (AvgIpc) is 2.35. The first-order chi connectivity index (χ1) is 9.56. The maximum absolute atomic E-state index is 3.81. The smallest absolute Gasteiger partial charge is 0.0159 e. The van der Waals surface area contributed by atoms with E-state index in [1.807, 2.05) is 0 Å². The largest absolute Gasteiger partial charge is 0.313 e. The molecule has 0 spiro atoms. The summed E-state index contributed by atoms with van der Waals surface area (Å²) in [5.41, 5.74) is 0.467. The molecule has 2 saturated carbocycles. The van der Waals surface area contributed by atoms with Crippen molar-refractivity contribution in [3.8, 4) is 0 Å². The van der Waals surface area contributed by atoms with E-state index in [0.29, 0.717) is 11.5 Å². The van der Waals surface area contributed by atoms with Crippen molar-refractivity contribution in [1.82, 2.24) is 10.2 Å². The normalized spacial score (nSPS) is 30.4. The minimum Gasteiger partial charge on any atom is -0.313 e. The quantitative estimate of drug-likeness (QED) is 0.760. The van der Waals surface area contributed by atoms with Crippen molar-refractivity contribution in [2.45, 2.75) is 72.3 Å². The molecule has 0 bridgehead atoms. The van der Waals surface area contributed by atoms with Crippen molar-refractivity contribution in [3.05, 3.63) is 0 Å². The van der Waals surface area contributed by atoms with Gasteiger partial charge in [0.15, 0.2) is 0 Å². The van der Waals surface area contributed by atoms with E-state index < -0.39 is 0 Å². The van der Waals surface area contributed by atoms with Crippen molar-refractivity contribution in [1.29, 1.82) is 0 Å². The minimum absolute atomic E-state index is 0.467. The summed E-state index contributed by atoms with van der Waals surface area (Å²) in [6.45, 7) is 14.5. The van der Waals surface area contributed by atoms with Crippen LogP contribution in [0.2, 0.25) is 0 Å². The van der Waals surface area contributed by atoms with Crippen LogP contribution >= 0.6 is 0 Å². The molecule has 2 atom stereocenters. The second-order valence-electron chi connectivity index (χ2n) is 7.83. The first-order valence-electron chi connectivity index (χ1n) is 9.02. The lowest BCUT2D eigenvalue weighted by Crippen LogP contribution is -2.53. The number of hydrogen-bond acceptors (Lipinski definition) is 2. The maximum atomic E-state index is 3.81. The zero-order valence-electron chi connectivity index (χ0n) is 14.3. The monoisotopic (exact) mass is 280 g/mol. The second kappa shape index (κ2) is 7.26. The lowest BCUT2D eigenvalue weighted by molar-refractivity contribution is 0.0706. The van der Waals surface area contributed by atoms with Gasteiger partial charge in [-0.2, -0.15) is 0 Å². The van der Waals surface area contributed by atoms with Crippen LogP contribution in [0.5, 0.6) is 0 Å². The highest BCUT2D eigenvalue weighted by Gasteiger charge is 2.39. The van der Waals surface area contributed by atoms with Gasteiger partial charge in [-0.05, 0) is 56.0 Å². The SMILES string of the molecule is CCNC1C(CN(CC)CC2CCC2)CCCC1(C)C. The van der Waals surface area contributed by atoms with Gasteiger partial charge >= 0.3 is 0 Å². The van der Waals surface area contributed by atoms with E-state index in [4.69, 9.17) is 0 Å². The zero-order chi connectivity index (χ0) is 14.6. The van der Waals surface area contributed by atoms with Crippen LogP contribution in [0, 0.1) is 17.3 Å². The fourth-order valence-corrected chi connectivity index (χ4v) is 4.34. The van der Waals surface area contributed by atoms with Gasteiger partial charge in [-0.3, -0.25) is 0 Å². The van der Waals surface area contributed by atoms with E-state index >= 15 is 0 Å². The molecule has 0 aromatic rings. The third-order valence-corrected chi connectivity index (χ3v) is 5.81. The maximum Gasteiger partial charge on any atom is 0.0159 e. The minimum atomic E-state index is 0.467. The van der Waals surface area contributed by atoms with Crippen LogP contribution in [0.4, 0.5) is 0 Å². The average molecular weight is 280 g/mol. The van der Waals surface area contributed by atoms with Crippen molar-refractivity contribution in [2.24, 2.45) is 17.3 Å². The van der Waals surface area contributed by atoms with Gasteiger partial charge < -0.3 is 10.2 Å². The molecular formula is C18H36N2. The molecule has 0 aliphatic heterocycles. The molecule has 0 radical (unpaired) electrons. The molecule has 0 saturated heterocycles. The molecule has 2 rings (SSSR count). The molecule has 20 heavy (non-hydrogen) atoms. The van der Waals surface area contributed by atoms with Crippen molar-refractivity contribution in [3.63, 3.8) is 0 Å². The zero-order valence-corrected chi connectivity index (χ0v) is 14.3. The Bertz CT molecular complexity index is 283. The highest BCUT2D eigenvalue weighted by atomic mass is 15.1. The summed E-state index contributed by atoms with van der Waals surface area (Å²) in [7, 11) is 0. The summed E-state index contributed by atoms with van der Waals surface area (Å²) < 4.78 is 0. The summed E-state index contributed by atoms with van der Waals surface area (Å²) in [5, 5.41) is 3.81. The Hall–Kier alpha value is -0.0800.